The molecule has 0 unspecified atom stereocenters. The number of fused-ring (bicyclic) bond motifs is 1. The Kier molecular flexibility index (Phi) is 4.64. The van der Waals surface area contributed by atoms with E-state index in [-0.39, 0.29) is 0 Å². The van der Waals surface area contributed by atoms with Gasteiger partial charge in [-0.25, -0.2) is 9.97 Å². The first-order valence-electron chi connectivity index (χ1n) is 6.82. The van der Waals surface area contributed by atoms with Gasteiger partial charge in [-0.2, -0.15) is 0 Å². The third kappa shape index (κ3) is 3.05. The molecule has 0 spiro atoms. The summed E-state index contributed by atoms with van der Waals surface area (Å²) in [6.07, 6.45) is 6.34. The summed E-state index contributed by atoms with van der Waals surface area (Å²) in [7, 11) is 0. The Morgan fingerprint density at radius 2 is 2.11 bits per heavy atom. The van der Waals surface area contributed by atoms with Gasteiger partial charge >= 0.3 is 0 Å². The lowest BCUT2D eigenvalue weighted by Crippen LogP contribution is -2.09. The Morgan fingerprint density at radius 1 is 1.33 bits per heavy atom. The van der Waals surface area contributed by atoms with Gasteiger partial charge in [-0.3, -0.25) is 0 Å². The van der Waals surface area contributed by atoms with Crippen molar-refractivity contribution in [2.45, 2.75) is 57.4 Å². The van der Waals surface area contributed by atoms with Crippen LogP contribution in [0, 0.1) is 0 Å². The van der Waals surface area contributed by atoms with E-state index in [2.05, 4.69) is 27.6 Å². The topological polar surface area (TPSA) is 37.8 Å². The van der Waals surface area contributed by atoms with Crippen molar-refractivity contribution in [1.29, 1.82) is 0 Å². The number of hydrogen-bond donors (Lipinski definition) is 1. The van der Waals surface area contributed by atoms with Gasteiger partial charge in [0, 0.05) is 12.5 Å². The molecule has 1 fully saturated rings. The van der Waals surface area contributed by atoms with Crippen LogP contribution in [0.2, 0.25) is 0 Å². The van der Waals surface area contributed by atoms with Gasteiger partial charge in [0.1, 0.15) is 12.1 Å². The molecule has 4 heteroatoms. The molecule has 0 radical (unpaired) electrons. The highest BCUT2D eigenvalue weighted by Crippen LogP contribution is 2.37. The van der Waals surface area contributed by atoms with E-state index < -0.39 is 0 Å². The van der Waals surface area contributed by atoms with Crippen molar-refractivity contribution in [2.75, 3.05) is 5.32 Å². The summed E-state index contributed by atoms with van der Waals surface area (Å²) in [4.78, 5) is 9.97. The number of hydrogen-bond acceptors (Lipinski definition) is 4. The number of aromatic nitrogens is 2. The van der Waals surface area contributed by atoms with Crippen molar-refractivity contribution < 1.29 is 0 Å². The number of thioether (sulfide) groups is 1. The van der Waals surface area contributed by atoms with E-state index in [0.29, 0.717) is 6.04 Å². The second kappa shape index (κ2) is 6.23. The minimum Gasteiger partial charge on any atom is -0.366 e. The normalized spacial score (nSPS) is 17.2. The molecule has 3 rings (SSSR count). The summed E-state index contributed by atoms with van der Waals surface area (Å²) in [5.74, 6) is 1.03. The number of allylic oxidation sites excluding steroid dienone is 1. The van der Waals surface area contributed by atoms with Crippen molar-refractivity contribution in [2.24, 2.45) is 0 Å². The van der Waals surface area contributed by atoms with Crippen LogP contribution in [0.15, 0.2) is 22.2 Å². The highest BCUT2D eigenvalue weighted by atomic mass is 32.2. The minimum absolute atomic E-state index is 0.649. The van der Waals surface area contributed by atoms with E-state index in [1.807, 2.05) is 13.8 Å². The maximum absolute atomic E-state index is 4.39. The molecule has 1 aromatic heterocycles. The fourth-order valence-corrected chi connectivity index (χ4v) is 2.81. The highest BCUT2D eigenvalue weighted by Gasteiger charge is 2.24. The Hall–Kier alpha value is -1.03. The van der Waals surface area contributed by atoms with Gasteiger partial charge in [0.2, 0.25) is 0 Å². The summed E-state index contributed by atoms with van der Waals surface area (Å²) in [6, 6.07) is 0.649. The molecule has 0 bridgehead atoms. The van der Waals surface area contributed by atoms with Crippen LogP contribution in [-0.4, -0.2) is 16.0 Å². The molecule has 0 aromatic carbocycles. The largest absolute Gasteiger partial charge is 0.366 e. The molecule has 18 heavy (non-hydrogen) atoms. The Morgan fingerprint density at radius 3 is 2.78 bits per heavy atom. The van der Waals surface area contributed by atoms with E-state index in [1.165, 1.54) is 29.0 Å². The molecule has 1 N–H and O–H groups in total. The fourth-order valence-electron chi connectivity index (χ4n) is 1.79. The Labute approximate surface area is 113 Å². The van der Waals surface area contributed by atoms with Crippen LogP contribution in [0.3, 0.4) is 0 Å². The minimum atomic E-state index is 0.649. The molecule has 1 aliphatic carbocycles. The first-order chi connectivity index (χ1) is 8.86. The van der Waals surface area contributed by atoms with E-state index in [4.69, 9.17) is 0 Å². The van der Waals surface area contributed by atoms with Gasteiger partial charge < -0.3 is 5.32 Å². The summed E-state index contributed by atoms with van der Waals surface area (Å²) >= 11 is 1.77. The second-order valence-corrected chi connectivity index (χ2v) is 5.22. The summed E-state index contributed by atoms with van der Waals surface area (Å²) in [5.41, 5.74) is 2.65. The van der Waals surface area contributed by atoms with Crippen LogP contribution in [0.4, 0.5) is 5.82 Å². The van der Waals surface area contributed by atoms with E-state index >= 15 is 0 Å². The van der Waals surface area contributed by atoms with Crippen LogP contribution >= 0.6 is 11.8 Å². The average Bonchev–Trinajstić information content (AvgIpc) is 3.25. The van der Waals surface area contributed by atoms with Crippen molar-refractivity contribution in [3.63, 3.8) is 0 Å². The molecule has 0 saturated heterocycles. The van der Waals surface area contributed by atoms with Crippen molar-refractivity contribution in [3.8, 4) is 0 Å². The SMILES string of the molecule is CC.CCC1=CSc2c(ncnc2NC2CC2)C1. The van der Waals surface area contributed by atoms with Crippen molar-refractivity contribution in [1.82, 2.24) is 9.97 Å². The first kappa shape index (κ1) is 13.4. The van der Waals surface area contributed by atoms with E-state index in [1.54, 1.807) is 18.1 Å². The molecule has 3 nitrogen and oxygen atoms in total. The highest BCUT2D eigenvalue weighted by molar-refractivity contribution is 8.02. The molecular weight excluding hydrogens is 242 g/mol. The smallest absolute Gasteiger partial charge is 0.143 e. The molecule has 2 heterocycles. The van der Waals surface area contributed by atoms with Crippen LogP contribution in [0.1, 0.15) is 45.7 Å². The van der Waals surface area contributed by atoms with Crippen molar-refractivity contribution in [3.05, 3.63) is 23.0 Å². The maximum Gasteiger partial charge on any atom is 0.143 e. The molecule has 1 aromatic rings. The molecule has 0 atom stereocenters. The lowest BCUT2D eigenvalue weighted by Gasteiger charge is -2.17. The molecular formula is C14H21N3S. The molecule has 0 amide bonds. The van der Waals surface area contributed by atoms with Crippen LogP contribution in [0.5, 0.6) is 0 Å². The van der Waals surface area contributed by atoms with Gasteiger partial charge in [0.15, 0.2) is 0 Å². The van der Waals surface area contributed by atoms with Gasteiger partial charge in [0.25, 0.3) is 0 Å². The van der Waals surface area contributed by atoms with E-state index in [9.17, 15) is 0 Å². The van der Waals surface area contributed by atoms with Crippen LogP contribution in [-0.2, 0) is 6.42 Å². The quantitative estimate of drug-likeness (QED) is 0.894. The van der Waals surface area contributed by atoms with Crippen molar-refractivity contribution >= 4 is 17.6 Å². The predicted octanol–water partition coefficient (Wildman–Crippen LogP) is 4.02. The standard InChI is InChI=1S/C12H15N3S.C2H6/c1-2-8-5-10-11(16-6-8)12(14-7-13-10)15-9-3-4-9;1-2/h6-7,9H,2-5H2,1H3,(H,13,14,15);1-2H3. The number of nitrogens with one attached hydrogen (secondary N) is 1. The Bertz CT molecular complexity index is 439. The average molecular weight is 263 g/mol. The summed E-state index contributed by atoms with van der Waals surface area (Å²) < 4.78 is 0. The van der Waals surface area contributed by atoms with Crippen LogP contribution < -0.4 is 5.32 Å². The number of nitrogens with zero attached hydrogens (tertiary/aromatic N) is 2. The number of anilines is 1. The zero-order valence-corrected chi connectivity index (χ0v) is 12.2. The van der Waals surface area contributed by atoms with Crippen LogP contribution in [0.25, 0.3) is 0 Å². The van der Waals surface area contributed by atoms with E-state index in [0.717, 1.165) is 18.7 Å². The first-order valence-corrected chi connectivity index (χ1v) is 7.69. The third-order valence-electron chi connectivity index (χ3n) is 2.99. The zero-order valence-electron chi connectivity index (χ0n) is 11.4. The van der Waals surface area contributed by atoms with Gasteiger partial charge in [-0.15, -0.1) is 0 Å². The fraction of sp³-hybridized carbons (Fsp3) is 0.571. The van der Waals surface area contributed by atoms with Gasteiger partial charge in [-0.1, -0.05) is 38.1 Å². The zero-order chi connectivity index (χ0) is 13.0. The molecule has 98 valence electrons. The number of rotatable bonds is 3. The molecule has 1 saturated carbocycles. The maximum atomic E-state index is 4.39. The lowest BCUT2D eigenvalue weighted by molar-refractivity contribution is 0.901. The molecule has 1 aliphatic heterocycles. The Balaban J connectivity index is 0.000000574. The predicted molar refractivity (Wildman–Crippen MR) is 78.0 cm³/mol. The monoisotopic (exact) mass is 263 g/mol. The molecule has 2 aliphatic rings. The summed E-state index contributed by atoms with van der Waals surface area (Å²) in [6.45, 7) is 6.20. The van der Waals surface area contributed by atoms with Gasteiger partial charge in [0.05, 0.1) is 10.6 Å². The third-order valence-corrected chi connectivity index (χ3v) is 4.10. The lowest BCUT2D eigenvalue weighted by atomic mass is 10.1. The van der Waals surface area contributed by atoms with Gasteiger partial charge in [-0.05, 0) is 24.7 Å². The second-order valence-electron chi connectivity index (χ2n) is 4.34. The summed E-state index contributed by atoms with van der Waals surface area (Å²) in [5, 5.41) is 5.73.